The second-order valence-corrected chi connectivity index (χ2v) is 9.14. The highest BCUT2D eigenvalue weighted by molar-refractivity contribution is 7.99. The Kier molecular flexibility index (Phi) is 6.81. The fourth-order valence-corrected chi connectivity index (χ4v) is 4.93. The van der Waals surface area contributed by atoms with Gasteiger partial charge in [-0.3, -0.25) is 0 Å². The molecule has 0 aliphatic carbocycles. The van der Waals surface area contributed by atoms with E-state index >= 15 is 0 Å². The number of rotatable bonds is 7. The molecule has 0 N–H and O–H groups in total. The first kappa shape index (κ1) is 22.1. The van der Waals surface area contributed by atoms with Crippen molar-refractivity contribution in [3.05, 3.63) is 114 Å². The van der Waals surface area contributed by atoms with Crippen molar-refractivity contribution < 1.29 is 4.84 Å². The van der Waals surface area contributed by atoms with Crippen molar-refractivity contribution in [2.45, 2.75) is 30.2 Å². The van der Waals surface area contributed by atoms with Gasteiger partial charge in [-0.25, -0.2) is 0 Å². The first-order valence-electron chi connectivity index (χ1n) is 11.3. The summed E-state index contributed by atoms with van der Waals surface area (Å²) in [5.41, 5.74) is 5.25. The highest BCUT2D eigenvalue weighted by Gasteiger charge is 2.25. The molecule has 1 aliphatic heterocycles. The molecule has 1 atom stereocenters. The van der Waals surface area contributed by atoms with E-state index in [1.54, 1.807) is 11.8 Å². The number of aromatic nitrogens is 3. The normalized spacial score (nSPS) is 15.9. The van der Waals surface area contributed by atoms with Crippen LogP contribution in [-0.2, 0) is 11.3 Å². The topological polar surface area (TPSA) is 64.7 Å². The lowest BCUT2D eigenvalue weighted by atomic mass is 10.0. The van der Waals surface area contributed by atoms with Gasteiger partial charge in [-0.15, -0.1) is 10.2 Å². The van der Waals surface area contributed by atoms with Crippen LogP contribution < -0.4 is 0 Å². The summed E-state index contributed by atoms with van der Waals surface area (Å²) in [6, 6.07) is 30.8. The Labute approximate surface area is 203 Å². The van der Waals surface area contributed by atoms with Crippen LogP contribution in [0.3, 0.4) is 0 Å². The van der Waals surface area contributed by atoms with Crippen molar-refractivity contribution in [1.29, 1.82) is 0 Å². The molecule has 6 nitrogen and oxygen atoms in total. The third-order valence-corrected chi connectivity index (χ3v) is 6.80. The first-order chi connectivity index (χ1) is 16.8. The number of hydrogen-bond acceptors (Lipinski definition) is 6. The van der Waals surface area contributed by atoms with Crippen LogP contribution >= 0.6 is 11.8 Å². The minimum absolute atomic E-state index is 0.202. The van der Waals surface area contributed by atoms with E-state index in [-0.39, 0.29) is 5.25 Å². The van der Waals surface area contributed by atoms with Crippen LogP contribution in [0.1, 0.15) is 41.1 Å². The highest BCUT2D eigenvalue weighted by Crippen LogP contribution is 2.40. The average Bonchev–Trinajstić information content (AvgIpc) is 3.16. The van der Waals surface area contributed by atoms with Gasteiger partial charge in [0.1, 0.15) is 6.61 Å². The van der Waals surface area contributed by atoms with E-state index in [0.29, 0.717) is 13.0 Å². The van der Waals surface area contributed by atoms with Crippen molar-refractivity contribution in [3.8, 4) is 0 Å². The van der Waals surface area contributed by atoms with Gasteiger partial charge in [-0.05, 0) is 23.6 Å². The molecule has 2 heterocycles. The minimum atomic E-state index is 0.202. The quantitative estimate of drug-likeness (QED) is 0.197. The molecule has 1 aromatic heterocycles. The van der Waals surface area contributed by atoms with Crippen LogP contribution in [0.25, 0.3) is 0 Å². The summed E-state index contributed by atoms with van der Waals surface area (Å²) in [5.74, 6) is 0.761. The van der Waals surface area contributed by atoms with E-state index in [1.165, 1.54) is 5.56 Å². The van der Waals surface area contributed by atoms with Gasteiger partial charge in [0.05, 0.1) is 11.4 Å². The average molecular weight is 468 g/mol. The lowest BCUT2D eigenvalue weighted by Gasteiger charge is -2.14. The SMILES string of the molecule is C/C(=N\OCCc1nnc2n1N=C(c1ccccc1)CC(c1ccccc1)S2)c1ccccc1. The van der Waals surface area contributed by atoms with Crippen LogP contribution in [0.4, 0.5) is 0 Å². The molecule has 4 aromatic rings. The maximum atomic E-state index is 5.60. The number of nitrogens with zero attached hydrogens (tertiary/aromatic N) is 5. The minimum Gasteiger partial charge on any atom is -0.395 e. The van der Waals surface area contributed by atoms with Crippen LogP contribution in [-0.4, -0.2) is 32.9 Å². The third-order valence-electron chi connectivity index (χ3n) is 5.61. The van der Waals surface area contributed by atoms with Crippen LogP contribution in [0.5, 0.6) is 0 Å². The molecule has 7 heteroatoms. The molecular formula is C27H25N5OS. The van der Waals surface area contributed by atoms with Gasteiger partial charge in [-0.2, -0.15) is 9.78 Å². The van der Waals surface area contributed by atoms with E-state index in [0.717, 1.165) is 40.0 Å². The summed E-state index contributed by atoms with van der Waals surface area (Å²) in [5, 5.41) is 19.1. The molecule has 0 spiro atoms. The third kappa shape index (κ3) is 5.10. The molecular weight excluding hydrogens is 442 g/mol. The zero-order valence-corrected chi connectivity index (χ0v) is 19.7. The van der Waals surface area contributed by atoms with E-state index < -0.39 is 0 Å². The van der Waals surface area contributed by atoms with E-state index in [1.807, 2.05) is 66.2 Å². The smallest absolute Gasteiger partial charge is 0.212 e. The maximum absolute atomic E-state index is 5.60. The van der Waals surface area contributed by atoms with Crippen molar-refractivity contribution in [3.63, 3.8) is 0 Å². The van der Waals surface area contributed by atoms with Gasteiger partial charge in [0.25, 0.3) is 0 Å². The van der Waals surface area contributed by atoms with Gasteiger partial charge >= 0.3 is 0 Å². The fraction of sp³-hybridized carbons (Fsp3) is 0.185. The second-order valence-electron chi connectivity index (χ2n) is 7.97. The van der Waals surface area contributed by atoms with E-state index in [9.17, 15) is 0 Å². The summed E-state index contributed by atoms with van der Waals surface area (Å²) >= 11 is 1.70. The standard InChI is InChI=1S/C27H25N5OS/c1-20(21-11-5-2-6-12-21)31-33-18-17-26-28-29-27-32(26)30-24(22-13-7-3-8-14-22)19-25(34-27)23-15-9-4-10-16-23/h2-16,25H,17-19H2,1H3/b31-20+. The molecule has 170 valence electrons. The molecule has 1 unspecified atom stereocenters. The van der Waals surface area contributed by atoms with E-state index in [2.05, 4.69) is 51.8 Å². The molecule has 0 fully saturated rings. The van der Waals surface area contributed by atoms with Gasteiger partial charge in [0, 0.05) is 18.1 Å². The zero-order valence-electron chi connectivity index (χ0n) is 18.9. The second kappa shape index (κ2) is 10.5. The fourth-order valence-electron chi connectivity index (χ4n) is 3.80. The molecule has 0 radical (unpaired) electrons. The van der Waals surface area contributed by atoms with Gasteiger partial charge < -0.3 is 4.84 Å². The van der Waals surface area contributed by atoms with Crippen molar-refractivity contribution in [1.82, 2.24) is 14.9 Å². The zero-order chi connectivity index (χ0) is 23.2. The predicted molar refractivity (Wildman–Crippen MR) is 136 cm³/mol. The van der Waals surface area contributed by atoms with Crippen molar-refractivity contribution in [2.75, 3.05) is 6.61 Å². The Morgan fingerprint density at radius 1 is 0.941 bits per heavy atom. The maximum Gasteiger partial charge on any atom is 0.212 e. The summed E-state index contributed by atoms with van der Waals surface area (Å²) in [6.07, 6.45) is 1.36. The first-order valence-corrected chi connectivity index (χ1v) is 12.2. The molecule has 34 heavy (non-hydrogen) atoms. The number of thioether (sulfide) groups is 1. The lowest BCUT2D eigenvalue weighted by Crippen LogP contribution is -2.08. The van der Waals surface area contributed by atoms with Crippen LogP contribution in [0.2, 0.25) is 0 Å². The lowest BCUT2D eigenvalue weighted by molar-refractivity contribution is 0.145. The summed E-state index contributed by atoms with van der Waals surface area (Å²) in [6.45, 7) is 2.33. The van der Waals surface area contributed by atoms with Crippen molar-refractivity contribution >= 4 is 23.2 Å². The molecule has 5 rings (SSSR count). The van der Waals surface area contributed by atoms with Crippen LogP contribution in [0, 0.1) is 0 Å². The molecule has 0 saturated heterocycles. The van der Waals surface area contributed by atoms with Gasteiger partial charge in [0.2, 0.25) is 5.16 Å². The highest BCUT2D eigenvalue weighted by atomic mass is 32.2. The number of hydrogen-bond donors (Lipinski definition) is 0. The molecule has 1 aliphatic rings. The predicted octanol–water partition coefficient (Wildman–Crippen LogP) is 5.75. The monoisotopic (exact) mass is 467 g/mol. The molecule has 0 saturated carbocycles. The van der Waals surface area contributed by atoms with Gasteiger partial charge in [0.15, 0.2) is 5.82 Å². The number of fused-ring (bicyclic) bond motifs is 1. The Morgan fingerprint density at radius 2 is 1.62 bits per heavy atom. The number of oxime groups is 1. The summed E-state index contributed by atoms with van der Waals surface area (Å²) in [4.78, 5) is 5.60. The van der Waals surface area contributed by atoms with Crippen molar-refractivity contribution in [2.24, 2.45) is 10.3 Å². The molecule has 0 bridgehead atoms. The van der Waals surface area contributed by atoms with E-state index in [4.69, 9.17) is 9.94 Å². The Bertz CT molecular complexity index is 1290. The van der Waals surface area contributed by atoms with Gasteiger partial charge in [-0.1, -0.05) is 108 Å². The molecule has 3 aromatic carbocycles. The Balaban J connectivity index is 1.37. The molecule has 0 amide bonds. The number of benzene rings is 3. The summed E-state index contributed by atoms with van der Waals surface area (Å²) < 4.78 is 1.87. The Morgan fingerprint density at radius 3 is 2.35 bits per heavy atom. The van der Waals surface area contributed by atoms with Crippen LogP contribution in [0.15, 0.2) is 106 Å². The summed E-state index contributed by atoms with van der Waals surface area (Å²) in [7, 11) is 0. The largest absolute Gasteiger partial charge is 0.395 e. The Hall–Kier alpha value is -3.71.